The molecule has 0 radical (unpaired) electrons. The van der Waals surface area contributed by atoms with Crippen LogP contribution in [0.5, 0.6) is 5.75 Å². The van der Waals surface area contributed by atoms with Gasteiger partial charge >= 0.3 is 0 Å². The van der Waals surface area contributed by atoms with Gasteiger partial charge in [0.2, 0.25) is 11.9 Å². The van der Waals surface area contributed by atoms with E-state index in [0.29, 0.717) is 5.75 Å². The second-order valence-corrected chi connectivity index (χ2v) is 5.43. The van der Waals surface area contributed by atoms with Gasteiger partial charge in [0.05, 0.1) is 12.4 Å². The SMILES string of the molecule is CCC(Oc1cnc(NC(C)=O)nc1)c1cccc(N(C)C)c1. The van der Waals surface area contributed by atoms with Crippen molar-refractivity contribution in [3.63, 3.8) is 0 Å². The summed E-state index contributed by atoms with van der Waals surface area (Å²) < 4.78 is 5.99. The Morgan fingerprint density at radius 1 is 1.30 bits per heavy atom. The van der Waals surface area contributed by atoms with E-state index < -0.39 is 0 Å². The molecule has 0 bridgehead atoms. The van der Waals surface area contributed by atoms with Gasteiger partial charge < -0.3 is 9.64 Å². The molecule has 1 aromatic heterocycles. The number of hydrogen-bond acceptors (Lipinski definition) is 5. The molecule has 1 amide bonds. The first-order chi connectivity index (χ1) is 11.0. The summed E-state index contributed by atoms with van der Waals surface area (Å²) in [6, 6.07) is 8.24. The standard InChI is InChI=1S/C17H22N4O2/c1-5-16(13-7-6-8-14(9-13)21(3)4)23-15-10-18-17(19-11-15)20-12(2)22/h6-11,16H,5H2,1-4H3,(H,18,19,20,22). The van der Waals surface area contributed by atoms with Crippen molar-refractivity contribution in [3.05, 3.63) is 42.2 Å². The Morgan fingerprint density at radius 2 is 2.00 bits per heavy atom. The molecule has 2 aromatic rings. The van der Waals surface area contributed by atoms with Crippen molar-refractivity contribution in [2.45, 2.75) is 26.4 Å². The maximum Gasteiger partial charge on any atom is 0.229 e. The monoisotopic (exact) mass is 314 g/mol. The number of nitrogens with zero attached hydrogens (tertiary/aromatic N) is 3. The van der Waals surface area contributed by atoms with Crippen LogP contribution in [0.3, 0.4) is 0 Å². The molecule has 1 N–H and O–H groups in total. The minimum atomic E-state index is -0.203. The third kappa shape index (κ3) is 4.67. The quantitative estimate of drug-likeness (QED) is 0.887. The number of anilines is 2. The molecule has 1 heterocycles. The van der Waals surface area contributed by atoms with Crippen molar-refractivity contribution in [1.29, 1.82) is 0 Å². The molecule has 6 nitrogen and oxygen atoms in total. The van der Waals surface area contributed by atoms with Crippen molar-refractivity contribution in [3.8, 4) is 5.75 Å². The summed E-state index contributed by atoms with van der Waals surface area (Å²) in [6.07, 6.45) is 3.88. The fourth-order valence-electron chi connectivity index (χ4n) is 2.15. The van der Waals surface area contributed by atoms with Gasteiger partial charge in [-0.05, 0) is 24.1 Å². The topological polar surface area (TPSA) is 67.3 Å². The van der Waals surface area contributed by atoms with E-state index in [4.69, 9.17) is 4.74 Å². The zero-order valence-corrected chi connectivity index (χ0v) is 13.9. The second kappa shape index (κ2) is 7.58. The van der Waals surface area contributed by atoms with E-state index in [-0.39, 0.29) is 18.0 Å². The highest BCUT2D eigenvalue weighted by atomic mass is 16.5. The van der Waals surface area contributed by atoms with Crippen LogP contribution in [0.25, 0.3) is 0 Å². The van der Waals surface area contributed by atoms with Crippen LogP contribution >= 0.6 is 0 Å². The van der Waals surface area contributed by atoms with Gasteiger partial charge in [0.25, 0.3) is 0 Å². The highest BCUT2D eigenvalue weighted by Crippen LogP contribution is 2.26. The van der Waals surface area contributed by atoms with E-state index in [1.807, 2.05) is 26.2 Å². The first kappa shape index (κ1) is 16.7. The zero-order chi connectivity index (χ0) is 16.8. The van der Waals surface area contributed by atoms with Gasteiger partial charge in [-0.2, -0.15) is 0 Å². The summed E-state index contributed by atoms with van der Waals surface area (Å²) in [7, 11) is 4.02. The van der Waals surface area contributed by atoms with Crippen molar-refractivity contribution < 1.29 is 9.53 Å². The van der Waals surface area contributed by atoms with Crippen LogP contribution in [0.2, 0.25) is 0 Å². The summed E-state index contributed by atoms with van der Waals surface area (Å²) >= 11 is 0. The Kier molecular flexibility index (Phi) is 5.51. The van der Waals surface area contributed by atoms with E-state index in [9.17, 15) is 4.79 Å². The molecule has 0 aliphatic heterocycles. The number of amides is 1. The van der Waals surface area contributed by atoms with Gasteiger partial charge in [0.15, 0.2) is 5.75 Å². The lowest BCUT2D eigenvalue weighted by Crippen LogP contribution is -2.12. The first-order valence-corrected chi connectivity index (χ1v) is 7.53. The minimum absolute atomic E-state index is 0.0786. The summed E-state index contributed by atoms with van der Waals surface area (Å²) in [5.74, 6) is 0.638. The minimum Gasteiger partial charge on any atom is -0.483 e. The lowest BCUT2D eigenvalue weighted by molar-refractivity contribution is -0.114. The Labute approximate surface area is 136 Å². The lowest BCUT2D eigenvalue weighted by Gasteiger charge is -2.20. The van der Waals surface area contributed by atoms with Crippen molar-refractivity contribution in [2.75, 3.05) is 24.3 Å². The third-order valence-corrected chi connectivity index (χ3v) is 3.32. The van der Waals surface area contributed by atoms with Crippen molar-refractivity contribution >= 4 is 17.5 Å². The van der Waals surface area contributed by atoms with Crippen molar-refractivity contribution in [2.24, 2.45) is 0 Å². The highest BCUT2D eigenvalue weighted by Gasteiger charge is 2.13. The van der Waals surface area contributed by atoms with E-state index >= 15 is 0 Å². The molecule has 122 valence electrons. The van der Waals surface area contributed by atoms with Crippen molar-refractivity contribution in [1.82, 2.24) is 9.97 Å². The normalized spacial score (nSPS) is 11.7. The molecular weight excluding hydrogens is 292 g/mol. The smallest absolute Gasteiger partial charge is 0.229 e. The van der Waals surface area contributed by atoms with Gasteiger partial charge in [-0.25, -0.2) is 9.97 Å². The molecule has 23 heavy (non-hydrogen) atoms. The van der Waals surface area contributed by atoms with Gasteiger partial charge in [-0.15, -0.1) is 0 Å². The zero-order valence-electron chi connectivity index (χ0n) is 13.9. The molecule has 6 heteroatoms. The Balaban J connectivity index is 2.13. The molecule has 1 aromatic carbocycles. The molecule has 0 saturated heterocycles. The summed E-state index contributed by atoms with van der Waals surface area (Å²) in [4.78, 5) is 21.2. The Hall–Kier alpha value is -2.63. The number of rotatable bonds is 6. The molecule has 0 saturated carbocycles. The second-order valence-electron chi connectivity index (χ2n) is 5.43. The number of hydrogen-bond donors (Lipinski definition) is 1. The molecule has 0 aliphatic carbocycles. The van der Waals surface area contributed by atoms with Crippen LogP contribution in [0.1, 0.15) is 31.9 Å². The molecule has 0 aliphatic rings. The van der Waals surface area contributed by atoms with E-state index in [1.165, 1.54) is 6.92 Å². The Morgan fingerprint density at radius 3 is 2.57 bits per heavy atom. The third-order valence-electron chi connectivity index (χ3n) is 3.32. The fourth-order valence-corrected chi connectivity index (χ4v) is 2.15. The molecule has 2 rings (SSSR count). The number of benzene rings is 1. The predicted octanol–water partition coefficient (Wildman–Crippen LogP) is 3.03. The number of carbonyl (C=O) groups excluding carboxylic acids is 1. The van der Waals surface area contributed by atoms with Crippen LogP contribution in [0.4, 0.5) is 11.6 Å². The number of carbonyl (C=O) groups is 1. The van der Waals surface area contributed by atoms with E-state index in [1.54, 1.807) is 12.4 Å². The predicted molar refractivity (Wildman–Crippen MR) is 90.8 cm³/mol. The molecule has 0 fully saturated rings. The van der Waals surface area contributed by atoms with Crippen LogP contribution in [0.15, 0.2) is 36.7 Å². The van der Waals surface area contributed by atoms with E-state index in [0.717, 1.165) is 17.7 Å². The molecule has 1 atom stereocenters. The van der Waals surface area contributed by atoms with Gasteiger partial charge in [-0.1, -0.05) is 19.1 Å². The van der Waals surface area contributed by atoms with Gasteiger partial charge in [0.1, 0.15) is 6.10 Å². The van der Waals surface area contributed by atoms with Gasteiger partial charge in [-0.3, -0.25) is 10.1 Å². The molecular formula is C17H22N4O2. The first-order valence-electron chi connectivity index (χ1n) is 7.53. The summed E-state index contributed by atoms with van der Waals surface area (Å²) in [5, 5.41) is 2.53. The molecule has 1 unspecified atom stereocenters. The van der Waals surface area contributed by atoms with Crippen LogP contribution in [-0.4, -0.2) is 30.0 Å². The van der Waals surface area contributed by atoms with Gasteiger partial charge in [0, 0.05) is 26.7 Å². The highest BCUT2D eigenvalue weighted by molar-refractivity contribution is 5.86. The average Bonchev–Trinajstić information content (AvgIpc) is 2.53. The Bertz CT molecular complexity index is 656. The largest absolute Gasteiger partial charge is 0.483 e. The number of ether oxygens (including phenoxy) is 1. The van der Waals surface area contributed by atoms with Crippen LogP contribution in [0, 0.1) is 0 Å². The van der Waals surface area contributed by atoms with Crippen LogP contribution in [-0.2, 0) is 4.79 Å². The van der Waals surface area contributed by atoms with E-state index in [2.05, 4.69) is 39.2 Å². The van der Waals surface area contributed by atoms with Crippen LogP contribution < -0.4 is 15.0 Å². The lowest BCUT2D eigenvalue weighted by atomic mass is 10.1. The number of nitrogens with one attached hydrogen (secondary N) is 1. The fraction of sp³-hybridized carbons (Fsp3) is 0.353. The maximum absolute atomic E-state index is 11.0. The molecule has 0 spiro atoms. The maximum atomic E-state index is 11.0. The number of aromatic nitrogens is 2. The summed E-state index contributed by atoms with van der Waals surface area (Å²) in [6.45, 7) is 3.48. The average molecular weight is 314 g/mol. The summed E-state index contributed by atoms with van der Waals surface area (Å²) in [5.41, 5.74) is 2.23.